The van der Waals surface area contributed by atoms with Gasteiger partial charge in [0.25, 0.3) is 0 Å². The highest BCUT2D eigenvalue weighted by Gasteiger charge is 2.39. The van der Waals surface area contributed by atoms with E-state index in [1.807, 2.05) is 24.3 Å². The molecule has 0 fully saturated rings. The SMILES string of the molecule is COc1ccccc1C1C(C(N)=O)C(C)=Nc2nc(SCc3ccccc3F)nn21. The van der Waals surface area contributed by atoms with Crippen molar-refractivity contribution in [2.45, 2.75) is 23.9 Å². The Morgan fingerprint density at radius 1 is 1.23 bits per heavy atom. The van der Waals surface area contributed by atoms with Crippen LogP contribution in [0.25, 0.3) is 0 Å². The summed E-state index contributed by atoms with van der Waals surface area (Å²) in [5.41, 5.74) is 7.60. The molecule has 0 saturated heterocycles. The van der Waals surface area contributed by atoms with E-state index in [0.29, 0.717) is 33.9 Å². The van der Waals surface area contributed by atoms with E-state index >= 15 is 0 Å². The summed E-state index contributed by atoms with van der Waals surface area (Å²) in [6, 6.07) is 13.4. The van der Waals surface area contributed by atoms with Gasteiger partial charge in [-0.1, -0.05) is 48.2 Å². The van der Waals surface area contributed by atoms with Gasteiger partial charge in [0.2, 0.25) is 17.0 Å². The summed E-state index contributed by atoms with van der Waals surface area (Å²) in [6.07, 6.45) is 0. The number of benzene rings is 2. The van der Waals surface area contributed by atoms with Crippen molar-refractivity contribution < 1.29 is 13.9 Å². The molecule has 2 aromatic carbocycles. The second kappa shape index (κ2) is 8.27. The number of fused-ring (bicyclic) bond motifs is 1. The smallest absolute Gasteiger partial charge is 0.249 e. The lowest BCUT2D eigenvalue weighted by Gasteiger charge is -2.29. The predicted octanol–water partition coefficient (Wildman–Crippen LogP) is 3.52. The fourth-order valence-corrected chi connectivity index (χ4v) is 4.37. The molecule has 0 bridgehead atoms. The number of carbonyl (C=O) groups excluding carboxylic acids is 1. The first-order valence-corrected chi connectivity index (χ1v) is 10.3. The van der Waals surface area contributed by atoms with Crippen molar-refractivity contribution in [2.75, 3.05) is 7.11 Å². The van der Waals surface area contributed by atoms with Crippen LogP contribution in [0.15, 0.2) is 58.7 Å². The van der Waals surface area contributed by atoms with E-state index in [1.54, 1.807) is 36.9 Å². The Labute approximate surface area is 177 Å². The Kier molecular flexibility index (Phi) is 5.54. The van der Waals surface area contributed by atoms with Crippen molar-refractivity contribution in [2.24, 2.45) is 16.6 Å². The quantitative estimate of drug-likeness (QED) is 0.610. The zero-order valence-electron chi connectivity index (χ0n) is 16.4. The van der Waals surface area contributed by atoms with Crippen LogP contribution in [0.1, 0.15) is 24.1 Å². The molecule has 154 valence electrons. The standard InChI is InChI=1S/C21H20FN5O2S/c1-12-17(19(23)28)18(14-8-4-6-10-16(14)29-2)27-20(24-12)25-21(26-27)30-11-13-7-3-5-9-15(13)22/h3-10,17-18H,11H2,1-2H3,(H2,23,28). The van der Waals surface area contributed by atoms with Crippen LogP contribution in [-0.2, 0) is 10.5 Å². The molecule has 2 heterocycles. The summed E-state index contributed by atoms with van der Waals surface area (Å²) < 4.78 is 21.0. The van der Waals surface area contributed by atoms with Gasteiger partial charge in [-0.3, -0.25) is 4.79 Å². The maximum atomic E-state index is 13.9. The number of para-hydroxylation sites is 1. The van der Waals surface area contributed by atoms with Crippen molar-refractivity contribution in [3.63, 3.8) is 0 Å². The van der Waals surface area contributed by atoms with Crippen molar-refractivity contribution in [3.05, 3.63) is 65.5 Å². The van der Waals surface area contributed by atoms with Crippen LogP contribution >= 0.6 is 11.8 Å². The molecule has 2 N–H and O–H groups in total. The third-order valence-electron chi connectivity index (χ3n) is 4.98. The van der Waals surface area contributed by atoms with E-state index in [0.717, 1.165) is 5.56 Å². The Morgan fingerprint density at radius 2 is 1.97 bits per heavy atom. The Hall–Kier alpha value is -3.20. The summed E-state index contributed by atoms with van der Waals surface area (Å²) in [5, 5.41) is 5.01. The lowest BCUT2D eigenvalue weighted by Crippen LogP contribution is -2.39. The lowest BCUT2D eigenvalue weighted by molar-refractivity contribution is -0.120. The van der Waals surface area contributed by atoms with Gasteiger partial charge in [0, 0.05) is 17.0 Å². The topological polar surface area (TPSA) is 95.4 Å². The van der Waals surface area contributed by atoms with Gasteiger partial charge in [-0.05, 0) is 24.6 Å². The Balaban J connectivity index is 1.73. The number of hydrogen-bond donors (Lipinski definition) is 1. The molecule has 0 radical (unpaired) electrons. The largest absolute Gasteiger partial charge is 0.496 e. The first kappa shape index (κ1) is 20.1. The molecular formula is C21H20FN5O2S. The normalized spacial score (nSPS) is 17.9. The summed E-state index contributed by atoms with van der Waals surface area (Å²) >= 11 is 1.30. The molecule has 1 amide bonds. The van der Waals surface area contributed by atoms with Crippen LogP contribution < -0.4 is 10.5 Å². The van der Waals surface area contributed by atoms with Crippen LogP contribution in [0.5, 0.6) is 5.75 Å². The number of ether oxygens (including phenoxy) is 1. The summed E-state index contributed by atoms with van der Waals surface area (Å²) in [4.78, 5) is 21.2. The minimum absolute atomic E-state index is 0.275. The molecule has 1 aliphatic heterocycles. The van der Waals surface area contributed by atoms with Crippen molar-refractivity contribution in [3.8, 4) is 5.75 Å². The average Bonchev–Trinajstić information content (AvgIpc) is 3.14. The highest BCUT2D eigenvalue weighted by Crippen LogP contribution is 2.40. The number of thioether (sulfide) groups is 1. The van der Waals surface area contributed by atoms with Gasteiger partial charge in [-0.2, -0.15) is 4.98 Å². The second-order valence-corrected chi connectivity index (χ2v) is 7.78. The van der Waals surface area contributed by atoms with Gasteiger partial charge < -0.3 is 10.5 Å². The monoisotopic (exact) mass is 425 g/mol. The van der Waals surface area contributed by atoms with E-state index in [9.17, 15) is 9.18 Å². The third kappa shape index (κ3) is 3.68. The van der Waals surface area contributed by atoms with E-state index in [2.05, 4.69) is 15.1 Å². The number of halogens is 1. The molecule has 30 heavy (non-hydrogen) atoms. The van der Waals surface area contributed by atoms with Crippen molar-refractivity contribution in [1.29, 1.82) is 0 Å². The summed E-state index contributed by atoms with van der Waals surface area (Å²) in [7, 11) is 1.57. The number of rotatable bonds is 6. The molecule has 3 aromatic rings. The minimum atomic E-state index is -0.695. The number of aromatic nitrogens is 3. The fraction of sp³-hybridized carbons (Fsp3) is 0.238. The number of aliphatic imine (C=N–C) groups is 1. The van der Waals surface area contributed by atoms with E-state index in [1.165, 1.54) is 17.8 Å². The molecule has 7 nitrogen and oxygen atoms in total. The van der Waals surface area contributed by atoms with Crippen LogP contribution in [0, 0.1) is 11.7 Å². The van der Waals surface area contributed by atoms with E-state index < -0.39 is 17.9 Å². The summed E-state index contributed by atoms with van der Waals surface area (Å²) in [5.74, 6) is -0.114. The van der Waals surface area contributed by atoms with E-state index in [-0.39, 0.29) is 5.82 Å². The minimum Gasteiger partial charge on any atom is -0.496 e. The number of nitrogens with two attached hydrogens (primary N) is 1. The molecule has 4 rings (SSSR count). The fourth-order valence-electron chi connectivity index (χ4n) is 3.56. The summed E-state index contributed by atoms with van der Waals surface area (Å²) in [6.45, 7) is 1.75. The van der Waals surface area contributed by atoms with Gasteiger partial charge in [0.15, 0.2) is 0 Å². The van der Waals surface area contributed by atoms with Gasteiger partial charge in [0.1, 0.15) is 23.5 Å². The molecule has 0 saturated carbocycles. The first-order chi connectivity index (χ1) is 14.5. The zero-order valence-corrected chi connectivity index (χ0v) is 17.3. The molecule has 0 spiro atoms. The Morgan fingerprint density at radius 3 is 2.70 bits per heavy atom. The van der Waals surface area contributed by atoms with Gasteiger partial charge in [-0.15, -0.1) is 5.10 Å². The number of amides is 1. The predicted molar refractivity (Wildman–Crippen MR) is 113 cm³/mol. The average molecular weight is 425 g/mol. The third-order valence-corrected chi connectivity index (χ3v) is 5.86. The van der Waals surface area contributed by atoms with Gasteiger partial charge in [0.05, 0.1) is 7.11 Å². The van der Waals surface area contributed by atoms with Crippen LogP contribution in [0.2, 0.25) is 0 Å². The molecular weight excluding hydrogens is 405 g/mol. The van der Waals surface area contributed by atoms with Crippen molar-refractivity contribution in [1.82, 2.24) is 14.8 Å². The zero-order chi connectivity index (χ0) is 21.3. The highest BCUT2D eigenvalue weighted by atomic mass is 32.2. The Bertz CT molecular complexity index is 1130. The number of nitrogens with zero attached hydrogens (tertiary/aromatic N) is 4. The molecule has 1 aliphatic rings. The first-order valence-electron chi connectivity index (χ1n) is 9.29. The van der Waals surface area contributed by atoms with Crippen LogP contribution in [-0.4, -0.2) is 33.5 Å². The lowest BCUT2D eigenvalue weighted by atomic mass is 9.87. The molecule has 2 atom stereocenters. The van der Waals surface area contributed by atoms with E-state index in [4.69, 9.17) is 10.5 Å². The molecule has 1 aromatic heterocycles. The maximum absolute atomic E-state index is 13.9. The van der Waals surface area contributed by atoms with Crippen LogP contribution in [0.3, 0.4) is 0 Å². The van der Waals surface area contributed by atoms with Crippen molar-refractivity contribution >= 4 is 29.3 Å². The van der Waals surface area contributed by atoms with Gasteiger partial charge >= 0.3 is 0 Å². The molecule has 0 aliphatic carbocycles. The van der Waals surface area contributed by atoms with Crippen LogP contribution in [0.4, 0.5) is 10.3 Å². The van der Waals surface area contributed by atoms with Gasteiger partial charge in [-0.25, -0.2) is 14.1 Å². The molecule has 2 unspecified atom stereocenters. The molecule has 9 heteroatoms. The second-order valence-electron chi connectivity index (χ2n) is 6.84. The number of methoxy groups -OCH3 is 1. The number of primary amides is 1. The number of carbonyl (C=O) groups is 1. The number of hydrogen-bond acceptors (Lipinski definition) is 6. The highest BCUT2D eigenvalue weighted by molar-refractivity contribution is 7.98. The maximum Gasteiger partial charge on any atom is 0.249 e.